The second-order valence-electron chi connectivity index (χ2n) is 3.85. The number of rotatable bonds is 5. The smallest absolute Gasteiger partial charge is 1.00 e. The van der Waals surface area contributed by atoms with Gasteiger partial charge in [0, 0.05) is 32.8 Å². The summed E-state index contributed by atoms with van der Waals surface area (Å²) in [6.07, 6.45) is 0. The normalized spacial score (nSPS) is 20.1. The Labute approximate surface area is 110 Å². The summed E-state index contributed by atoms with van der Waals surface area (Å²) in [6, 6.07) is -0.487. The van der Waals surface area contributed by atoms with Gasteiger partial charge in [0.15, 0.2) is 0 Å². The van der Waals surface area contributed by atoms with Gasteiger partial charge < -0.3 is 16.2 Å². The number of aliphatic carboxylic acids is 1. The number of hydrogen-bond donors (Lipinski definition) is 1. The van der Waals surface area contributed by atoms with Crippen molar-refractivity contribution < 1.29 is 34.9 Å². The van der Waals surface area contributed by atoms with Crippen molar-refractivity contribution in [2.24, 2.45) is 0 Å². The van der Waals surface area contributed by atoms with Crippen LogP contribution in [0.25, 0.3) is 0 Å². The van der Waals surface area contributed by atoms with E-state index in [1.807, 2.05) is 11.8 Å². The summed E-state index contributed by atoms with van der Waals surface area (Å²) < 4.78 is 5.20. The Hall–Kier alpha value is -0.0526. The van der Waals surface area contributed by atoms with E-state index in [4.69, 9.17) is 9.84 Å². The molecule has 0 aliphatic carbocycles. The first-order chi connectivity index (χ1) is 7.15. The minimum atomic E-state index is -0.784. The molecule has 5 nitrogen and oxygen atoms in total. The van der Waals surface area contributed by atoms with E-state index < -0.39 is 12.0 Å². The molecule has 0 aromatic heterocycles. The van der Waals surface area contributed by atoms with Crippen molar-refractivity contribution in [1.29, 1.82) is 0 Å². The Morgan fingerprint density at radius 3 is 2.44 bits per heavy atom. The van der Waals surface area contributed by atoms with Gasteiger partial charge in [-0.25, -0.2) is 0 Å². The molecule has 1 saturated heterocycles. The summed E-state index contributed by atoms with van der Waals surface area (Å²) in [7, 11) is 2.05. The molecule has 0 amide bonds. The van der Waals surface area contributed by atoms with Crippen molar-refractivity contribution in [2.45, 2.75) is 13.0 Å². The molecule has 0 radical (unpaired) electrons. The molecule has 0 spiro atoms. The van der Waals surface area contributed by atoms with E-state index in [0.29, 0.717) is 6.61 Å². The molecule has 0 aromatic carbocycles. The van der Waals surface area contributed by atoms with Crippen molar-refractivity contribution in [3.8, 4) is 0 Å². The van der Waals surface area contributed by atoms with Gasteiger partial charge in [0.25, 0.3) is 0 Å². The second-order valence-corrected chi connectivity index (χ2v) is 3.85. The van der Waals surface area contributed by atoms with Gasteiger partial charge in [-0.3, -0.25) is 9.69 Å². The van der Waals surface area contributed by atoms with Crippen LogP contribution >= 0.6 is 0 Å². The molecule has 1 N–H and O–H groups in total. The molecule has 1 rings (SSSR count). The molecular formula is C10H21LiN2O3. The van der Waals surface area contributed by atoms with Crippen molar-refractivity contribution in [2.75, 3.05) is 46.4 Å². The molecule has 1 atom stereocenters. The molecule has 0 aromatic rings. The Morgan fingerprint density at radius 1 is 1.44 bits per heavy atom. The van der Waals surface area contributed by atoms with Crippen LogP contribution in [0.5, 0.6) is 0 Å². The Kier molecular flexibility index (Phi) is 8.07. The SMILES string of the molecule is CCOCC(C(=O)O)N1CCN(C)CC1.[H-].[Li+]. The van der Waals surface area contributed by atoms with Gasteiger partial charge in [-0.15, -0.1) is 0 Å². The number of carboxylic acids is 1. The van der Waals surface area contributed by atoms with Crippen LogP contribution in [0.15, 0.2) is 0 Å². The summed E-state index contributed by atoms with van der Waals surface area (Å²) in [4.78, 5) is 15.2. The van der Waals surface area contributed by atoms with Gasteiger partial charge >= 0.3 is 24.8 Å². The molecule has 1 aliphatic rings. The van der Waals surface area contributed by atoms with E-state index in [9.17, 15) is 4.79 Å². The van der Waals surface area contributed by atoms with E-state index in [1.165, 1.54) is 0 Å². The molecule has 0 saturated carbocycles. The van der Waals surface area contributed by atoms with Crippen LogP contribution in [0.3, 0.4) is 0 Å². The molecule has 1 heterocycles. The zero-order valence-corrected chi connectivity index (χ0v) is 10.5. The predicted octanol–water partition coefficient (Wildman–Crippen LogP) is -3.16. The van der Waals surface area contributed by atoms with E-state index >= 15 is 0 Å². The molecule has 0 bridgehead atoms. The Morgan fingerprint density at radius 2 is 2.00 bits per heavy atom. The average Bonchev–Trinajstić information content (AvgIpc) is 2.21. The molecule has 1 fully saturated rings. The Bertz CT molecular complexity index is 214. The summed E-state index contributed by atoms with van der Waals surface area (Å²) in [5.41, 5.74) is 0. The summed E-state index contributed by atoms with van der Waals surface area (Å²) in [5, 5.41) is 9.08. The standard InChI is InChI=1S/C10H20N2O3.Li.H/c1-3-15-8-9(10(13)14)12-6-4-11(2)5-7-12;;/h9H,3-8H2,1-2H3,(H,13,14);;/q;+1;-1. The average molecular weight is 224 g/mol. The zero-order chi connectivity index (χ0) is 11.3. The van der Waals surface area contributed by atoms with Gasteiger partial charge in [-0.2, -0.15) is 0 Å². The van der Waals surface area contributed by atoms with Crippen LogP contribution in [-0.4, -0.2) is 73.4 Å². The maximum absolute atomic E-state index is 11.1. The molecule has 1 unspecified atom stereocenters. The van der Waals surface area contributed by atoms with E-state index in [-0.39, 0.29) is 26.9 Å². The minimum absolute atomic E-state index is 0. The van der Waals surface area contributed by atoms with E-state index in [2.05, 4.69) is 11.9 Å². The fourth-order valence-electron chi connectivity index (χ4n) is 1.70. The van der Waals surface area contributed by atoms with E-state index in [0.717, 1.165) is 26.2 Å². The number of nitrogens with zero attached hydrogens (tertiary/aromatic N) is 2. The topological polar surface area (TPSA) is 53.0 Å². The van der Waals surface area contributed by atoms with Crippen molar-refractivity contribution in [3.05, 3.63) is 0 Å². The third kappa shape index (κ3) is 4.85. The molecular weight excluding hydrogens is 203 g/mol. The quantitative estimate of drug-likeness (QED) is 0.500. The van der Waals surface area contributed by atoms with Crippen molar-refractivity contribution >= 4 is 5.97 Å². The summed E-state index contributed by atoms with van der Waals surface area (Å²) in [5.74, 6) is -0.784. The predicted molar refractivity (Wildman–Crippen MR) is 58.1 cm³/mol. The first kappa shape index (κ1) is 15.9. The van der Waals surface area contributed by atoms with Crippen LogP contribution in [0.4, 0.5) is 0 Å². The van der Waals surface area contributed by atoms with Gasteiger partial charge in [-0.1, -0.05) is 0 Å². The second kappa shape index (κ2) is 8.10. The largest absolute Gasteiger partial charge is 1.00 e. The number of carbonyl (C=O) groups is 1. The van der Waals surface area contributed by atoms with Crippen LogP contribution in [0.1, 0.15) is 8.35 Å². The Balaban J connectivity index is 0. The van der Waals surface area contributed by atoms with Gasteiger partial charge in [0.05, 0.1) is 6.61 Å². The molecule has 6 heteroatoms. The monoisotopic (exact) mass is 224 g/mol. The zero-order valence-electron chi connectivity index (χ0n) is 11.5. The molecule has 1 aliphatic heterocycles. The first-order valence-electron chi connectivity index (χ1n) is 5.38. The third-order valence-electron chi connectivity index (χ3n) is 2.74. The van der Waals surface area contributed by atoms with Crippen molar-refractivity contribution in [1.82, 2.24) is 9.80 Å². The van der Waals surface area contributed by atoms with Gasteiger partial charge in [0.2, 0.25) is 0 Å². The van der Waals surface area contributed by atoms with E-state index in [1.54, 1.807) is 0 Å². The number of hydrogen-bond acceptors (Lipinski definition) is 4. The van der Waals surface area contributed by atoms with Crippen LogP contribution in [0, 0.1) is 0 Å². The maximum Gasteiger partial charge on any atom is 1.00 e. The minimum Gasteiger partial charge on any atom is -1.00 e. The van der Waals surface area contributed by atoms with Gasteiger partial charge in [0.1, 0.15) is 6.04 Å². The van der Waals surface area contributed by atoms with Crippen molar-refractivity contribution in [3.63, 3.8) is 0 Å². The molecule has 16 heavy (non-hydrogen) atoms. The number of piperazine rings is 1. The van der Waals surface area contributed by atoms with Gasteiger partial charge in [-0.05, 0) is 14.0 Å². The number of ether oxygens (including phenoxy) is 1. The summed E-state index contributed by atoms with van der Waals surface area (Å²) >= 11 is 0. The first-order valence-corrected chi connectivity index (χ1v) is 5.38. The van der Waals surface area contributed by atoms with Crippen LogP contribution < -0.4 is 18.9 Å². The number of carboxylic acid groups (broad SMARTS) is 1. The van der Waals surface area contributed by atoms with Crippen LogP contribution in [-0.2, 0) is 9.53 Å². The third-order valence-corrected chi connectivity index (χ3v) is 2.74. The molecule has 90 valence electrons. The van der Waals surface area contributed by atoms with Crippen LogP contribution in [0.2, 0.25) is 0 Å². The maximum atomic E-state index is 11.1. The number of likely N-dealkylation sites (N-methyl/N-ethyl adjacent to an activating group) is 1. The summed E-state index contributed by atoms with van der Waals surface area (Å²) in [6.45, 7) is 6.20. The fourth-order valence-corrected chi connectivity index (χ4v) is 1.70. The fraction of sp³-hybridized carbons (Fsp3) is 0.900.